The molecule has 2 aromatic rings. The number of amides is 1. The Morgan fingerprint density at radius 2 is 2.00 bits per heavy atom. The first-order valence-corrected chi connectivity index (χ1v) is 8.49. The van der Waals surface area contributed by atoms with Gasteiger partial charge in [-0.2, -0.15) is 0 Å². The zero-order chi connectivity index (χ0) is 16.8. The van der Waals surface area contributed by atoms with Crippen molar-refractivity contribution in [2.24, 2.45) is 5.92 Å². The maximum atomic E-state index is 12.7. The highest BCUT2D eigenvalue weighted by Gasteiger charge is 2.20. The molecule has 1 aromatic heterocycles. The van der Waals surface area contributed by atoms with E-state index in [2.05, 4.69) is 45.4 Å². The highest BCUT2D eigenvalue weighted by atomic mass is 79.9. The van der Waals surface area contributed by atoms with E-state index in [0.29, 0.717) is 5.92 Å². The van der Waals surface area contributed by atoms with Crippen molar-refractivity contribution < 1.29 is 4.79 Å². The van der Waals surface area contributed by atoms with Gasteiger partial charge in [0.15, 0.2) is 0 Å². The molecule has 0 saturated carbocycles. The normalized spacial score (nSPS) is 12.0. The van der Waals surface area contributed by atoms with Gasteiger partial charge in [0, 0.05) is 27.7 Å². The van der Waals surface area contributed by atoms with Gasteiger partial charge in [-0.3, -0.25) is 9.78 Å². The molecule has 2 rings (SSSR count). The number of aryl methyl sites for hydroxylation is 1. The van der Waals surface area contributed by atoms with Crippen molar-refractivity contribution >= 4 is 33.2 Å². The van der Waals surface area contributed by atoms with Crippen LogP contribution in [0.4, 0.5) is 11.4 Å². The van der Waals surface area contributed by atoms with Crippen molar-refractivity contribution in [2.45, 2.75) is 33.2 Å². The molecule has 23 heavy (non-hydrogen) atoms. The molecule has 0 fully saturated rings. The molecule has 0 aliphatic heterocycles. The van der Waals surface area contributed by atoms with Gasteiger partial charge in [0.05, 0.1) is 0 Å². The molecule has 0 spiro atoms. The summed E-state index contributed by atoms with van der Waals surface area (Å²) in [7, 11) is 0. The van der Waals surface area contributed by atoms with Crippen molar-refractivity contribution in [1.29, 1.82) is 0 Å². The molecule has 0 radical (unpaired) electrons. The monoisotopic (exact) mass is 375 g/mol. The average Bonchev–Trinajstić information content (AvgIpc) is 2.48. The molecule has 1 amide bonds. The first kappa shape index (κ1) is 17.5. The predicted molar refractivity (Wildman–Crippen MR) is 98.6 cm³/mol. The first-order chi connectivity index (χ1) is 11.0. The van der Waals surface area contributed by atoms with E-state index in [4.69, 9.17) is 0 Å². The molecule has 0 saturated heterocycles. The minimum atomic E-state index is -0.304. The van der Waals surface area contributed by atoms with Crippen LogP contribution in [0.5, 0.6) is 0 Å². The Balaban J connectivity index is 2.14. The third-order valence-electron chi connectivity index (χ3n) is 3.39. The number of anilines is 2. The fraction of sp³-hybridized carbons (Fsp3) is 0.333. The van der Waals surface area contributed by atoms with Gasteiger partial charge < -0.3 is 10.6 Å². The van der Waals surface area contributed by atoms with E-state index in [1.807, 2.05) is 37.3 Å². The standard InChI is InChI=1S/C18H22BrN3O/c1-12(2)10-17(22-16-7-5-4-6-15(16)19)18(23)21-14-8-9-20-13(3)11-14/h4-9,11-12,17,22H,10H2,1-3H3,(H,20,21,23). The molecule has 0 aliphatic rings. The lowest BCUT2D eigenvalue weighted by Crippen LogP contribution is -2.36. The SMILES string of the molecule is Cc1cc(NC(=O)C(CC(C)C)Nc2ccccc2Br)ccn1. The number of rotatable bonds is 6. The lowest BCUT2D eigenvalue weighted by atomic mass is 10.0. The van der Waals surface area contributed by atoms with E-state index in [9.17, 15) is 4.79 Å². The predicted octanol–water partition coefficient (Wildman–Crippen LogP) is 4.62. The Morgan fingerprint density at radius 1 is 1.26 bits per heavy atom. The van der Waals surface area contributed by atoms with Gasteiger partial charge in [-0.25, -0.2) is 0 Å². The summed E-state index contributed by atoms with van der Waals surface area (Å²) < 4.78 is 0.946. The lowest BCUT2D eigenvalue weighted by molar-refractivity contribution is -0.117. The van der Waals surface area contributed by atoms with E-state index in [0.717, 1.165) is 28.0 Å². The van der Waals surface area contributed by atoms with Crippen LogP contribution in [0.2, 0.25) is 0 Å². The number of nitrogens with one attached hydrogen (secondary N) is 2. The van der Waals surface area contributed by atoms with E-state index < -0.39 is 0 Å². The van der Waals surface area contributed by atoms with Crippen LogP contribution in [0, 0.1) is 12.8 Å². The van der Waals surface area contributed by atoms with E-state index in [1.54, 1.807) is 12.3 Å². The summed E-state index contributed by atoms with van der Waals surface area (Å²) in [4.78, 5) is 16.8. The number of aromatic nitrogens is 1. The van der Waals surface area contributed by atoms with Crippen LogP contribution in [0.3, 0.4) is 0 Å². The molecular formula is C18H22BrN3O. The quantitative estimate of drug-likeness (QED) is 0.774. The summed E-state index contributed by atoms with van der Waals surface area (Å²) >= 11 is 3.51. The Labute approximate surface area is 145 Å². The molecule has 1 aromatic carbocycles. The second-order valence-electron chi connectivity index (χ2n) is 5.98. The van der Waals surface area contributed by atoms with Crippen molar-refractivity contribution in [3.63, 3.8) is 0 Å². The van der Waals surface area contributed by atoms with Crippen LogP contribution in [-0.2, 0) is 4.79 Å². The number of nitrogens with zero attached hydrogens (tertiary/aromatic N) is 1. The number of hydrogen-bond donors (Lipinski definition) is 2. The van der Waals surface area contributed by atoms with Gasteiger partial charge >= 0.3 is 0 Å². The average molecular weight is 376 g/mol. The minimum absolute atomic E-state index is 0.0416. The van der Waals surface area contributed by atoms with Crippen molar-refractivity contribution in [1.82, 2.24) is 4.98 Å². The van der Waals surface area contributed by atoms with Crippen LogP contribution in [0.1, 0.15) is 26.0 Å². The Hall–Kier alpha value is -1.88. The molecule has 5 heteroatoms. The minimum Gasteiger partial charge on any atom is -0.373 e. The Kier molecular flexibility index (Phi) is 6.16. The molecule has 4 nitrogen and oxygen atoms in total. The van der Waals surface area contributed by atoms with Crippen LogP contribution < -0.4 is 10.6 Å². The van der Waals surface area contributed by atoms with Crippen LogP contribution in [0.15, 0.2) is 47.1 Å². The molecule has 122 valence electrons. The van der Waals surface area contributed by atoms with E-state index >= 15 is 0 Å². The number of hydrogen-bond acceptors (Lipinski definition) is 3. The fourth-order valence-corrected chi connectivity index (χ4v) is 2.72. The van der Waals surface area contributed by atoms with Gasteiger partial charge in [-0.15, -0.1) is 0 Å². The van der Waals surface area contributed by atoms with E-state index in [-0.39, 0.29) is 11.9 Å². The fourth-order valence-electron chi connectivity index (χ4n) is 2.32. The summed E-state index contributed by atoms with van der Waals surface area (Å²) in [6, 6.07) is 11.2. The number of halogens is 1. The van der Waals surface area contributed by atoms with Crippen molar-refractivity contribution in [3.8, 4) is 0 Å². The summed E-state index contributed by atoms with van der Waals surface area (Å²) in [6.45, 7) is 6.12. The van der Waals surface area contributed by atoms with Crippen molar-refractivity contribution in [2.75, 3.05) is 10.6 Å². The molecule has 1 atom stereocenters. The van der Waals surface area contributed by atoms with Crippen molar-refractivity contribution in [3.05, 3.63) is 52.8 Å². The summed E-state index contributed by atoms with van der Waals surface area (Å²) in [5.74, 6) is 0.361. The summed E-state index contributed by atoms with van der Waals surface area (Å²) in [5, 5.41) is 6.31. The Bertz CT molecular complexity index is 673. The highest BCUT2D eigenvalue weighted by Crippen LogP contribution is 2.24. The number of carbonyl (C=O) groups excluding carboxylic acids is 1. The maximum Gasteiger partial charge on any atom is 0.246 e. The highest BCUT2D eigenvalue weighted by molar-refractivity contribution is 9.10. The number of benzene rings is 1. The molecule has 0 aliphatic carbocycles. The van der Waals surface area contributed by atoms with Gasteiger partial charge in [0.2, 0.25) is 5.91 Å². The van der Waals surface area contributed by atoms with Gasteiger partial charge in [0.25, 0.3) is 0 Å². The van der Waals surface area contributed by atoms with Gasteiger partial charge in [0.1, 0.15) is 6.04 Å². The third kappa shape index (κ3) is 5.36. The lowest BCUT2D eigenvalue weighted by Gasteiger charge is -2.22. The summed E-state index contributed by atoms with van der Waals surface area (Å²) in [6.07, 6.45) is 2.45. The topological polar surface area (TPSA) is 54.0 Å². The third-order valence-corrected chi connectivity index (χ3v) is 4.08. The molecule has 2 N–H and O–H groups in total. The molecule has 1 unspecified atom stereocenters. The summed E-state index contributed by atoms with van der Waals surface area (Å²) in [5.41, 5.74) is 2.56. The molecular weight excluding hydrogens is 354 g/mol. The zero-order valence-electron chi connectivity index (χ0n) is 13.6. The second kappa shape index (κ2) is 8.11. The van der Waals surface area contributed by atoms with E-state index in [1.165, 1.54) is 0 Å². The van der Waals surface area contributed by atoms with Crippen LogP contribution in [0.25, 0.3) is 0 Å². The molecule has 1 heterocycles. The zero-order valence-corrected chi connectivity index (χ0v) is 15.2. The second-order valence-corrected chi connectivity index (χ2v) is 6.84. The largest absolute Gasteiger partial charge is 0.373 e. The smallest absolute Gasteiger partial charge is 0.246 e. The number of pyridine rings is 1. The van der Waals surface area contributed by atoms with Crippen LogP contribution >= 0.6 is 15.9 Å². The number of para-hydroxylation sites is 1. The van der Waals surface area contributed by atoms with Crippen LogP contribution in [-0.4, -0.2) is 16.9 Å². The van der Waals surface area contributed by atoms with Gasteiger partial charge in [-0.05, 0) is 59.5 Å². The number of carbonyl (C=O) groups is 1. The maximum absolute atomic E-state index is 12.7. The van der Waals surface area contributed by atoms with Gasteiger partial charge in [-0.1, -0.05) is 26.0 Å². The Morgan fingerprint density at radius 3 is 2.65 bits per heavy atom. The molecule has 0 bridgehead atoms. The first-order valence-electron chi connectivity index (χ1n) is 7.70.